The van der Waals surface area contributed by atoms with E-state index in [1.54, 1.807) is 12.4 Å². The van der Waals surface area contributed by atoms with Gasteiger partial charge in [0.2, 0.25) is 0 Å². The number of halogens is 1. The van der Waals surface area contributed by atoms with E-state index in [1.165, 1.54) is 25.9 Å². The molecule has 1 aromatic heterocycles. The van der Waals surface area contributed by atoms with Gasteiger partial charge in [0.15, 0.2) is 6.10 Å². The Morgan fingerprint density at radius 2 is 1.76 bits per heavy atom. The molecule has 4 aliphatic rings. The van der Waals surface area contributed by atoms with E-state index in [0.29, 0.717) is 5.92 Å². The third kappa shape index (κ3) is 5.17. The van der Waals surface area contributed by atoms with Gasteiger partial charge in [-0.3, -0.25) is 14.8 Å². The molecule has 0 radical (unpaired) electrons. The predicted octanol–water partition coefficient (Wildman–Crippen LogP) is 1.47. The van der Waals surface area contributed by atoms with Crippen molar-refractivity contribution in [3.8, 4) is 0 Å². The van der Waals surface area contributed by atoms with Gasteiger partial charge in [0, 0.05) is 43.8 Å². The number of piperidine rings is 3. The van der Waals surface area contributed by atoms with Gasteiger partial charge < -0.3 is 26.2 Å². The van der Waals surface area contributed by atoms with Crippen molar-refractivity contribution in [3.05, 3.63) is 60.2 Å². The highest BCUT2D eigenvalue weighted by Crippen LogP contribution is 2.42. The van der Waals surface area contributed by atoms with E-state index in [9.17, 15) is 4.79 Å². The zero-order chi connectivity index (χ0) is 21.9. The standard InChI is InChI=1S/C27H36N3O2.BrH/c31-26(27(13-6-1-2-7-14-27)23-8-4-3-5-9-23)32-25-21-30(17-10-22(25)11-18-30)19-12-24-20-28-15-16-29-24;/h3-5,8-9,15-16,20,22,25H,1-2,6-7,10-14,17-19,21H2;1H/q+1;/p-1/t22?,25-,30?;/m0./s1. The highest BCUT2D eigenvalue weighted by molar-refractivity contribution is 5.83. The predicted molar refractivity (Wildman–Crippen MR) is 124 cm³/mol. The Morgan fingerprint density at radius 3 is 2.42 bits per heavy atom. The van der Waals surface area contributed by atoms with E-state index >= 15 is 0 Å². The summed E-state index contributed by atoms with van der Waals surface area (Å²) in [4.78, 5) is 22.5. The molecule has 2 bridgehead atoms. The van der Waals surface area contributed by atoms with Gasteiger partial charge in [-0.2, -0.15) is 0 Å². The third-order valence-corrected chi connectivity index (χ3v) is 8.43. The summed E-state index contributed by atoms with van der Waals surface area (Å²) in [6.45, 7) is 4.41. The quantitative estimate of drug-likeness (QED) is 0.333. The van der Waals surface area contributed by atoms with E-state index in [2.05, 4.69) is 34.2 Å². The van der Waals surface area contributed by atoms with Gasteiger partial charge in [0.1, 0.15) is 6.54 Å². The van der Waals surface area contributed by atoms with Crippen LogP contribution in [0.15, 0.2) is 48.9 Å². The molecule has 1 saturated carbocycles. The van der Waals surface area contributed by atoms with Crippen molar-refractivity contribution in [1.29, 1.82) is 0 Å². The Morgan fingerprint density at radius 1 is 1.03 bits per heavy atom. The summed E-state index contributed by atoms with van der Waals surface area (Å²) < 4.78 is 7.53. The molecular formula is C27H36BrN3O2. The Bertz CT molecular complexity index is 892. The molecule has 3 aliphatic heterocycles. The van der Waals surface area contributed by atoms with Crippen molar-refractivity contribution in [2.75, 3.05) is 26.2 Å². The average Bonchev–Trinajstić information content (AvgIpc) is 3.12. The van der Waals surface area contributed by atoms with Crippen molar-refractivity contribution < 1.29 is 31.0 Å². The Balaban J connectivity index is 0.00000259. The zero-order valence-corrected chi connectivity index (χ0v) is 21.1. The first-order valence-electron chi connectivity index (χ1n) is 12.6. The fourth-order valence-corrected chi connectivity index (χ4v) is 6.43. The zero-order valence-electron chi connectivity index (χ0n) is 19.5. The number of carbonyl (C=O) groups is 1. The number of ether oxygens (including phenoxy) is 1. The molecule has 0 unspecified atom stereocenters. The first-order chi connectivity index (χ1) is 15.7. The van der Waals surface area contributed by atoms with Crippen LogP contribution in [-0.4, -0.2) is 52.7 Å². The van der Waals surface area contributed by atoms with E-state index in [4.69, 9.17) is 4.74 Å². The van der Waals surface area contributed by atoms with E-state index in [0.717, 1.165) is 73.8 Å². The van der Waals surface area contributed by atoms with Crippen LogP contribution in [0.5, 0.6) is 0 Å². The van der Waals surface area contributed by atoms with Crippen molar-refractivity contribution in [2.45, 2.75) is 69.3 Å². The van der Waals surface area contributed by atoms with Gasteiger partial charge in [0.05, 0.1) is 30.7 Å². The third-order valence-electron chi connectivity index (χ3n) is 8.43. The van der Waals surface area contributed by atoms with Crippen LogP contribution in [-0.2, 0) is 21.4 Å². The summed E-state index contributed by atoms with van der Waals surface area (Å²) in [7, 11) is 0. The number of aromatic nitrogens is 2. The second kappa shape index (κ2) is 10.6. The van der Waals surface area contributed by atoms with Gasteiger partial charge in [-0.05, 0) is 18.4 Å². The molecule has 1 atom stereocenters. The number of esters is 1. The Labute approximate surface area is 208 Å². The molecule has 6 heteroatoms. The summed E-state index contributed by atoms with van der Waals surface area (Å²) in [6.07, 6.45) is 15.2. The lowest BCUT2D eigenvalue weighted by atomic mass is 9.74. The van der Waals surface area contributed by atoms with Gasteiger partial charge in [0.25, 0.3) is 0 Å². The minimum absolute atomic E-state index is 0. The van der Waals surface area contributed by atoms with Gasteiger partial charge in [-0.25, -0.2) is 0 Å². The molecule has 33 heavy (non-hydrogen) atoms. The number of quaternary nitrogens is 1. The largest absolute Gasteiger partial charge is 1.00 e. The van der Waals surface area contributed by atoms with Crippen molar-refractivity contribution in [2.24, 2.45) is 5.92 Å². The summed E-state index contributed by atoms with van der Waals surface area (Å²) >= 11 is 0. The fourth-order valence-electron chi connectivity index (χ4n) is 6.43. The SMILES string of the molecule is O=C(O[C@H]1C[N+]2(CCc3cnccn3)CCC1CC2)C1(c2ccccc2)CCCCCC1.[Br-]. The Hall–Kier alpha value is -1.79. The van der Waals surface area contributed by atoms with Gasteiger partial charge in [-0.15, -0.1) is 0 Å². The number of benzene rings is 1. The monoisotopic (exact) mass is 513 g/mol. The first kappa shape index (κ1) is 24.3. The maximum atomic E-state index is 13.9. The average molecular weight is 515 g/mol. The number of hydrogen-bond donors (Lipinski definition) is 0. The van der Waals surface area contributed by atoms with Crippen LogP contribution in [0, 0.1) is 5.92 Å². The molecular weight excluding hydrogens is 478 g/mol. The smallest absolute Gasteiger partial charge is 0.317 e. The lowest BCUT2D eigenvalue weighted by Crippen LogP contribution is -3.00. The molecule has 0 N–H and O–H groups in total. The number of fused-ring (bicyclic) bond motifs is 3. The Kier molecular flexibility index (Phi) is 7.85. The summed E-state index contributed by atoms with van der Waals surface area (Å²) in [6, 6.07) is 10.4. The van der Waals surface area contributed by atoms with Crippen molar-refractivity contribution >= 4 is 5.97 Å². The normalized spacial score (nSPS) is 28.4. The van der Waals surface area contributed by atoms with E-state index < -0.39 is 5.41 Å². The molecule has 178 valence electrons. The highest BCUT2D eigenvalue weighted by Gasteiger charge is 2.50. The van der Waals surface area contributed by atoms with Crippen molar-refractivity contribution in [3.63, 3.8) is 0 Å². The molecule has 6 rings (SSSR count). The fraction of sp³-hybridized carbons (Fsp3) is 0.593. The topological polar surface area (TPSA) is 52.1 Å². The molecule has 1 aromatic carbocycles. The van der Waals surface area contributed by atoms with Crippen LogP contribution in [0.25, 0.3) is 0 Å². The van der Waals surface area contributed by atoms with Crippen LogP contribution in [0.1, 0.15) is 62.6 Å². The van der Waals surface area contributed by atoms with Crippen LogP contribution >= 0.6 is 0 Å². The lowest BCUT2D eigenvalue weighted by Gasteiger charge is -2.52. The minimum Gasteiger partial charge on any atom is -1.00 e. The molecule has 3 saturated heterocycles. The molecule has 4 fully saturated rings. The molecule has 2 aromatic rings. The summed E-state index contributed by atoms with van der Waals surface area (Å²) in [5, 5.41) is 0. The summed E-state index contributed by atoms with van der Waals surface area (Å²) in [5.74, 6) is 0.561. The molecule has 0 amide bonds. The van der Waals surface area contributed by atoms with E-state index in [1.807, 2.05) is 12.3 Å². The first-order valence-corrected chi connectivity index (χ1v) is 12.6. The number of carbonyl (C=O) groups excluding carboxylic acids is 1. The van der Waals surface area contributed by atoms with Crippen LogP contribution in [0.3, 0.4) is 0 Å². The molecule has 4 heterocycles. The second-order valence-corrected chi connectivity index (χ2v) is 10.3. The van der Waals surface area contributed by atoms with Crippen LogP contribution < -0.4 is 17.0 Å². The number of hydrogen-bond acceptors (Lipinski definition) is 4. The number of nitrogens with zero attached hydrogens (tertiary/aromatic N) is 3. The van der Waals surface area contributed by atoms with Crippen LogP contribution in [0.2, 0.25) is 0 Å². The second-order valence-electron chi connectivity index (χ2n) is 10.3. The maximum Gasteiger partial charge on any atom is 0.317 e. The summed E-state index contributed by atoms with van der Waals surface area (Å²) in [5.41, 5.74) is 1.75. The van der Waals surface area contributed by atoms with Gasteiger partial charge >= 0.3 is 5.97 Å². The highest BCUT2D eigenvalue weighted by atomic mass is 79.9. The van der Waals surface area contributed by atoms with Crippen molar-refractivity contribution in [1.82, 2.24) is 9.97 Å². The molecule has 0 spiro atoms. The molecule has 1 aliphatic carbocycles. The van der Waals surface area contributed by atoms with Gasteiger partial charge in [-0.1, -0.05) is 56.0 Å². The number of rotatable bonds is 6. The lowest BCUT2D eigenvalue weighted by molar-refractivity contribution is -0.946. The maximum absolute atomic E-state index is 13.9. The van der Waals surface area contributed by atoms with Crippen LogP contribution in [0.4, 0.5) is 0 Å². The van der Waals surface area contributed by atoms with E-state index in [-0.39, 0.29) is 29.1 Å². The molecule has 5 nitrogen and oxygen atoms in total. The minimum atomic E-state index is -0.464.